The molecule has 2 aliphatic rings. The van der Waals surface area contributed by atoms with E-state index in [9.17, 15) is 5.11 Å². The fourth-order valence-electron chi connectivity index (χ4n) is 4.85. The monoisotopic (exact) mass is 448 g/mol. The number of piperidine rings is 1. The van der Waals surface area contributed by atoms with Crippen molar-refractivity contribution in [1.29, 1.82) is 0 Å². The van der Waals surface area contributed by atoms with Gasteiger partial charge in [0, 0.05) is 29.4 Å². The number of rotatable bonds is 8. The molecule has 1 aromatic carbocycles. The van der Waals surface area contributed by atoms with E-state index >= 15 is 0 Å². The van der Waals surface area contributed by atoms with E-state index in [0.717, 1.165) is 55.9 Å². The zero-order chi connectivity index (χ0) is 22.6. The molecule has 0 radical (unpaired) electrons. The topological polar surface area (TPSA) is 111 Å². The Morgan fingerprint density at radius 3 is 2.73 bits per heavy atom. The van der Waals surface area contributed by atoms with Gasteiger partial charge in [-0.25, -0.2) is 0 Å². The van der Waals surface area contributed by atoms with Crippen molar-refractivity contribution in [1.82, 2.24) is 25.3 Å². The Labute approximate surface area is 194 Å². The maximum atomic E-state index is 10.1. The van der Waals surface area contributed by atoms with Crippen LogP contribution in [0.25, 0.3) is 22.4 Å². The van der Waals surface area contributed by atoms with Crippen LogP contribution in [0.2, 0.25) is 0 Å². The highest BCUT2D eigenvalue weighted by atomic mass is 16.5. The summed E-state index contributed by atoms with van der Waals surface area (Å²) in [6.45, 7) is 3.05. The number of ether oxygens (including phenoxy) is 1. The molecule has 0 atom stereocenters. The summed E-state index contributed by atoms with van der Waals surface area (Å²) in [7, 11) is 0. The van der Waals surface area contributed by atoms with Crippen molar-refractivity contribution >= 4 is 5.82 Å². The van der Waals surface area contributed by atoms with Crippen LogP contribution in [-0.4, -0.2) is 50.4 Å². The van der Waals surface area contributed by atoms with E-state index in [-0.39, 0.29) is 5.75 Å². The average Bonchev–Trinajstić information content (AvgIpc) is 3.27. The van der Waals surface area contributed by atoms with Crippen LogP contribution in [0.1, 0.15) is 38.5 Å². The number of aromatic nitrogens is 4. The van der Waals surface area contributed by atoms with Crippen LogP contribution in [0.3, 0.4) is 0 Å². The van der Waals surface area contributed by atoms with Crippen LogP contribution in [0.5, 0.6) is 5.75 Å². The van der Waals surface area contributed by atoms with Crippen LogP contribution >= 0.6 is 0 Å². The van der Waals surface area contributed by atoms with Gasteiger partial charge in [0.25, 0.3) is 0 Å². The summed E-state index contributed by atoms with van der Waals surface area (Å²) in [5.41, 5.74) is 8.98. The Hall–Kier alpha value is -2.97. The van der Waals surface area contributed by atoms with Gasteiger partial charge in [-0.2, -0.15) is 5.10 Å². The maximum Gasteiger partial charge on any atom is 0.154 e. The van der Waals surface area contributed by atoms with E-state index < -0.39 is 0 Å². The van der Waals surface area contributed by atoms with Gasteiger partial charge in [0.1, 0.15) is 5.75 Å². The third-order valence-electron chi connectivity index (χ3n) is 6.81. The molecule has 4 N–H and O–H groups in total. The lowest BCUT2D eigenvalue weighted by Crippen LogP contribution is -2.39. The van der Waals surface area contributed by atoms with E-state index in [2.05, 4.69) is 20.6 Å². The third-order valence-corrected chi connectivity index (χ3v) is 6.81. The van der Waals surface area contributed by atoms with Gasteiger partial charge in [-0.3, -0.25) is 4.68 Å². The van der Waals surface area contributed by atoms with E-state index in [1.807, 2.05) is 35.3 Å². The van der Waals surface area contributed by atoms with Crippen molar-refractivity contribution in [3.8, 4) is 28.1 Å². The van der Waals surface area contributed by atoms with Crippen LogP contribution in [0.15, 0.2) is 42.7 Å². The summed E-state index contributed by atoms with van der Waals surface area (Å²) in [4.78, 5) is 0. The molecule has 5 rings (SSSR count). The Morgan fingerprint density at radius 2 is 1.91 bits per heavy atom. The highest BCUT2D eigenvalue weighted by Crippen LogP contribution is 2.35. The van der Waals surface area contributed by atoms with Crippen molar-refractivity contribution in [3.05, 3.63) is 42.7 Å². The largest absolute Gasteiger partial charge is 0.507 e. The Balaban J connectivity index is 1.13. The lowest BCUT2D eigenvalue weighted by Gasteiger charge is -2.38. The van der Waals surface area contributed by atoms with Gasteiger partial charge >= 0.3 is 0 Å². The molecule has 1 saturated carbocycles. The summed E-state index contributed by atoms with van der Waals surface area (Å²) < 4.78 is 8.21. The fraction of sp³-hybridized carbons (Fsp3) is 0.480. The summed E-state index contributed by atoms with van der Waals surface area (Å²) in [6, 6.07) is 8.93. The second kappa shape index (κ2) is 9.89. The standard InChI is InChI=1S/C25H32N6O2/c26-25-22(14-23(29-30-25)21-5-1-2-6-24(21)32)18-15-28-31(16-18)11-3-4-17-12-20(13-17)33-19-7-9-27-10-8-19/h1-2,5-6,14-17,19-20,27,32H,3-4,7-13H2,(H2,26,30)/t17-,20-. The molecule has 0 amide bonds. The SMILES string of the molecule is Nc1nnc(-c2ccccc2O)cc1-c1cnn(CCC[C@H]2C[C@H](OC3CCNCC3)C2)c1. The molecule has 1 saturated heterocycles. The predicted octanol–water partition coefficient (Wildman–Crippen LogP) is 3.62. The predicted molar refractivity (Wildman–Crippen MR) is 127 cm³/mol. The first kappa shape index (κ1) is 21.9. The van der Waals surface area contributed by atoms with Gasteiger partial charge in [-0.15, -0.1) is 10.2 Å². The van der Waals surface area contributed by atoms with Gasteiger partial charge < -0.3 is 20.9 Å². The first-order chi connectivity index (χ1) is 16.2. The van der Waals surface area contributed by atoms with Crippen LogP contribution < -0.4 is 11.1 Å². The molecule has 0 bridgehead atoms. The molecule has 3 heterocycles. The summed E-state index contributed by atoms with van der Waals surface area (Å²) in [5.74, 6) is 1.29. The molecular formula is C25H32N6O2. The van der Waals surface area contributed by atoms with E-state index in [1.165, 1.54) is 19.3 Å². The number of hydrogen-bond donors (Lipinski definition) is 3. The quantitative estimate of drug-likeness (QED) is 0.483. The van der Waals surface area contributed by atoms with Crippen molar-refractivity contribution < 1.29 is 9.84 Å². The van der Waals surface area contributed by atoms with Gasteiger partial charge in [-0.1, -0.05) is 12.1 Å². The molecule has 33 heavy (non-hydrogen) atoms. The van der Waals surface area contributed by atoms with E-state index in [1.54, 1.807) is 12.1 Å². The number of benzene rings is 1. The lowest BCUT2D eigenvalue weighted by atomic mass is 9.79. The molecule has 8 heteroatoms. The zero-order valence-corrected chi connectivity index (χ0v) is 18.9. The number of nitrogen functional groups attached to an aromatic ring is 1. The Morgan fingerprint density at radius 1 is 1.09 bits per heavy atom. The molecule has 8 nitrogen and oxygen atoms in total. The molecule has 1 aliphatic heterocycles. The second-order valence-corrected chi connectivity index (χ2v) is 9.22. The first-order valence-electron chi connectivity index (χ1n) is 12.0. The van der Waals surface area contributed by atoms with Crippen LogP contribution in [-0.2, 0) is 11.3 Å². The summed E-state index contributed by atoms with van der Waals surface area (Å²) in [5, 5.41) is 26.3. The highest BCUT2D eigenvalue weighted by molar-refractivity contribution is 5.78. The maximum absolute atomic E-state index is 10.1. The number of anilines is 1. The molecule has 174 valence electrons. The average molecular weight is 449 g/mol. The van der Waals surface area contributed by atoms with Gasteiger partial charge in [0.05, 0.1) is 24.1 Å². The molecule has 1 aliphatic carbocycles. The Bertz CT molecular complexity index is 1070. The number of nitrogens with zero attached hydrogens (tertiary/aromatic N) is 4. The normalized spacial score (nSPS) is 21.1. The zero-order valence-electron chi connectivity index (χ0n) is 18.9. The minimum Gasteiger partial charge on any atom is -0.507 e. The van der Waals surface area contributed by atoms with Crippen molar-refractivity contribution in [2.75, 3.05) is 18.8 Å². The molecular weight excluding hydrogens is 416 g/mol. The van der Waals surface area contributed by atoms with Gasteiger partial charge in [0.2, 0.25) is 0 Å². The minimum atomic E-state index is 0.164. The summed E-state index contributed by atoms with van der Waals surface area (Å²) >= 11 is 0. The number of aryl methyl sites for hydroxylation is 1. The minimum absolute atomic E-state index is 0.164. The fourth-order valence-corrected chi connectivity index (χ4v) is 4.85. The van der Waals surface area contributed by atoms with Crippen molar-refractivity contribution in [2.45, 2.75) is 57.3 Å². The lowest BCUT2D eigenvalue weighted by molar-refractivity contribution is -0.0860. The van der Waals surface area contributed by atoms with Crippen LogP contribution in [0, 0.1) is 5.92 Å². The number of para-hydroxylation sites is 1. The molecule has 2 aromatic heterocycles. The number of nitrogens with one attached hydrogen (secondary N) is 1. The van der Waals surface area contributed by atoms with Crippen molar-refractivity contribution in [3.63, 3.8) is 0 Å². The molecule has 2 fully saturated rings. The second-order valence-electron chi connectivity index (χ2n) is 9.22. The smallest absolute Gasteiger partial charge is 0.154 e. The summed E-state index contributed by atoms with van der Waals surface area (Å²) in [6.07, 6.45) is 11.7. The molecule has 0 unspecified atom stereocenters. The van der Waals surface area contributed by atoms with E-state index in [4.69, 9.17) is 10.5 Å². The van der Waals surface area contributed by atoms with E-state index in [0.29, 0.717) is 29.3 Å². The van der Waals surface area contributed by atoms with Crippen molar-refractivity contribution in [2.24, 2.45) is 5.92 Å². The van der Waals surface area contributed by atoms with Crippen LogP contribution in [0.4, 0.5) is 5.82 Å². The number of aromatic hydroxyl groups is 1. The molecule has 0 spiro atoms. The third kappa shape index (κ3) is 5.17. The highest BCUT2D eigenvalue weighted by Gasteiger charge is 2.31. The van der Waals surface area contributed by atoms with Gasteiger partial charge in [0.15, 0.2) is 5.82 Å². The first-order valence-corrected chi connectivity index (χ1v) is 12.0. The number of phenolic OH excluding ortho intramolecular Hbond substituents is 1. The number of nitrogens with two attached hydrogens (primary N) is 1. The molecule has 3 aromatic rings. The van der Waals surface area contributed by atoms with Gasteiger partial charge in [-0.05, 0) is 75.7 Å². The number of hydrogen-bond acceptors (Lipinski definition) is 7. The number of phenols is 1. The Kier molecular flexibility index (Phi) is 6.55.